The third kappa shape index (κ3) is 2.86. The highest BCUT2D eigenvalue weighted by molar-refractivity contribution is 9.10. The van der Waals surface area contributed by atoms with E-state index < -0.39 is 0 Å². The quantitative estimate of drug-likeness (QED) is 0.727. The summed E-state index contributed by atoms with van der Waals surface area (Å²) in [6, 6.07) is 12.8. The average molecular weight is 397 g/mol. The number of benzene rings is 2. The van der Waals surface area contributed by atoms with Gasteiger partial charge in [0.2, 0.25) is 0 Å². The molecule has 1 heterocycles. The van der Waals surface area contributed by atoms with Crippen molar-refractivity contribution in [1.82, 2.24) is 0 Å². The first-order valence-corrected chi connectivity index (χ1v) is 8.17. The molecule has 0 spiro atoms. The zero-order valence-corrected chi connectivity index (χ0v) is 14.3. The maximum atomic E-state index is 5.73. The van der Waals surface area contributed by atoms with Crippen molar-refractivity contribution in [2.24, 2.45) is 0 Å². The summed E-state index contributed by atoms with van der Waals surface area (Å²) in [7, 11) is 0. The summed E-state index contributed by atoms with van der Waals surface area (Å²) in [5.74, 6) is 0.973. The van der Waals surface area contributed by atoms with Crippen LogP contribution in [0.15, 0.2) is 45.3 Å². The lowest BCUT2D eigenvalue weighted by Gasteiger charge is -2.28. The van der Waals surface area contributed by atoms with Crippen molar-refractivity contribution >= 4 is 37.5 Å². The van der Waals surface area contributed by atoms with Crippen LogP contribution in [-0.2, 0) is 0 Å². The van der Waals surface area contributed by atoms with Gasteiger partial charge in [0.05, 0.1) is 12.6 Å². The number of anilines is 1. The third-order valence-corrected chi connectivity index (χ3v) is 4.65. The molecule has 2 aromatic rings. The second-order valence-corrected chi connectivity index (χ2v) is 6.77. The van der Waals surface area contributed by atoms with Gasteiger partial charge in [-0.15, -0.1) is 0 Å². The van der Waals surface area contributed by atoms with Crippen molar-refractivity contribution in [1.29, 1.82) is 0 Å². The Morgan fingerprint density at radius 2 is 2.00 bits per heavy atom. The number of hydrogen-bond donors (Lipinski definition) is 1. The van der Waals surface area contributed by atoms with Crippen molar-refractivity contribution in [3.63, 3.8) is 0 Å². The zero-order valence-electron chi connectivity index (χ0n) is 11.1. The maximum Gasteiger partial charge on any atom is 0.124 e. The molecule has 20 heavy (non-hydrogen) atoms. The highest BCUT2D eigenvalue weighted by atomic mass is 79.9. The first-order valence-electron chi connectivity index (χ1n) is 6.58. The molecule has 104 valence electrons. The van der Waals surface area contributed by atoms with Gasteiger partial charge >= 0.3 is 0 Å². The van der Waals surface area contributed by atoms with Crippen LogP contribution in [-0.4, -0.2) is 6.61 Å². The second-order valence-electron chi connectivity index (χ2n) is 5.00. The molecule has 1 aliphatic rings. The summed E-state index contributed by atoms with van der Waals surface area (Å²) in [5, 5.41) is 3.63. The van der Waals surface area contributed by atoms with Gasteiger partial charge in [0, 0.05) is 26.6 Å². The normalized spacial score (nSPS) is 17.2. The van der Waals surface area contributed by atoms with E-state index in [2.05, 4.69) is 68.4 Å². The number of ether oxygens (including phenoxy) is 1. The lowest BCUT2D eigenvalue weighted by Crippen LogP contribution is -2.20. The summed E-state index contributed by atoms with van der Waals surface area (Å²) in [5.41, 5.74) is 3.58. The van der Waals surface area contributed by atoms with E-state index in [1.807, 2.05) is 12.1 Å². The fraction of sp³-hybridized carbons (Fsp3) is 0.250. The Balaban J connectivity index is 1.93. The molecule has 0 saturated carbocycles. The highest BCUT2D eigenvalue weighted by Crippen LogP contribution is 2.37. The van der Waals surface area contributed by atoms with Crippen molar-refractivity contribution in [2.75, 3.05) is 11.9 Å². The molecule has 0 radical (unpaired) electrons. The highest BCUT2D eigenvalue weighted by Gasteiger charge is 2.22. The van der Waals surface area contributed by atoms with E-state index in [1.165, 1.54) is 11.1 Å². The Hall–Kier alpha value is -1.00. The monoisotopic (exact) mass is 395 g/mol. The van der Waals surface area contributed by atoms with Crippen LogP contribution in [0.5, 0.6) is 5.75 Å². The van der Waals surface area contributed by atoms with Crippen molar-refractivity contribution in [2.45, 2.75) is 19.4 Å². The van der Waals surface area contributed by atoms with Gasteiger partial charge in [-0.25, -0.2) is 0 Å². The Morgan fingerprint density at radius 1 is 1.15 bits per heavy atom. The second kappa shape index (κ2) is 5.78. The Bertz CT molecular complexity index is 642. The van der Waals surface area contributed by atoms with Crippen LogP contribution in [0, 0.1) is 6.92 Å². The molecule has 2 nitrogen and oxygen atoms in total. The SMILES string of the molecule is Cc1ccc(Br)c(NC2CCOc3ccc(Br)cc32)c1. The fourth-order valence-corrected chi connectivity index (χ4v) is 3.19. The molecule has 1 unspecified atom stereocenters. The molecule has 3 rings (SSSR count). The molecular formula is C16H15Br2NO. The third-order valence-electron chi connectivity index (χ3n) is 3.46. The van der Waals surface area contributed by atoms with E-state index in [1.54, 1.807) is 0 Å². The average Bonchev–Trinajstić information content (AvgIpc) is 2.43. The molecule has 1 N–H and O–H groups in total. The van der Waals surface area contributed by atoms with Crippen LogP contribution >= 0.6 is 31.9 Å². The summed E-state index contributed by atoms with van der Waals surface area (Å²) in [4.78, 5) is 0. The lowest BCUT2D eigenvalue weighted by atomic mass is 10.00. The number of nitrogens with one attached hydrogen (secondary N) is 1. The number of fused-ring (bicyclic) bond motifs is 1. The van der Waals surface area contributed by atoms with Crippen LogP contribution in [0.1, 0.15) is 23.6 Å². The van der Waals surface area contributed by atoms with E-state index in [-0.39, 0.29) is 6.04 Å². The van der Waals surface area contributed by atoms with Crippen LogP contribution in [0.25, 0.3) is 0 Å². The molecule has 0 amide bonds. The van der Waals surface area contributed by atoms with E-state index in [9.17, 15) is 0 Å². The van der Waals surface area contributed by atoms with Gasteiger partial charge in [-0.2, -0.15) is 0 Å². The van der Waals surface area contributed by atoms with Gasteiger partial charge in [-0.1, -0.05) is 22.0 Å². The van der Waals surface area contributed by atoms with Gasteiger partial charge in [0.15, 0.2) is 0 Å². The smallest absolute Gasteiger partial charge is 0.124 e. The Kier molecular flexibility index (Phi) is 4.03. The van der Waals surface area contributed by atoms with E-state index in [0.717, 1.165) is 33.4 Å². The molecule has 2 aromatic carbocycles. The van der Waals surface area contributed by atoms with Crippen molar-refractivity contribution < 1.29 is 4.74 Å². The predicted molar refractivity (Wildman–Crippen MR) is 89.5 cm³/mol. The van der Waals surface area contributed by atoms with Gasteiger partial charge in [0.1, 0.15) is 5.75 Å². The lowest BCUT2D eigenvalue weighted by molar-refractivity contribution is 0.274. The summed E-state index contributed by atoms with van der Waals surface area (Å²) in [6.45, 7) is 2.85. The fourth-order valence-electron chi connectivity index (χ4n) is 2.45. The molecule has 0 bridgehead atoms. The van der Waals surface area contributed by atoms with Crippen LogP contribution in [0.3, 0.4) is 0 Å². The first kappa shape index (κ1) is 14.0. The molecular weight excluding hydrogens is 382 g/mol. The van der Waals surface area contributed by atoms with E-state index in [4.69, 9.17) is 4.74 Å². The Morgan fingerprint density at radius 3 is 2.85 bits per heavy atom. The van der Waals surface area contributed by atoms with Crippen LogP contribution in [0.4, 0.5) is 5.69 Å². The molecule has 0 aliphatic carbocycles. The van der Waals surface area contributed by atoms with Gasteiger partial charge in [0.25, 0.3) is 0 Å². The maximum absolute atomic E-state index is 5.73. The Labute approximate surface area is 135 Å². The minimum Gasteiger partial charge on any atom is -0.493 e. The molecule has 0 fully saturated rings. The number of aryl methyl sites for hydroxylation is 1. The predicted octanol–water partition coefficient (Wildman–Crippen LogP) is 5.46. The minimum atomic E-state index is 0.273. The largest absolute Gasteiger partial charge is 0.493 e. The molecule has 1 aliphatic heterocycles. The summed E-state index contributed by atoms with van der Waals surface area (Å²) < 4.78 is 7.90. The van der Waals surface area contributed by atoms with Crippen molar-refractivity contribution in [3.8, 4) is 5.75 Å². The van der Waals surface area contributed by atoms with Gasteiger partial charge in [-0.05, 0) is 58.7 Å². The molecule has 1 atom stereocenters. The number of hydrogen-bond acceptors (Lipinski definition) is 2. The van der Waals surface area contributed by atoms with E-state index >= 15 is 0 Å². The van der Waals surface area contributed by atoms with Crippen molar-refractivity contribution in [3.05, 3.63) is 56.5 Å². The summed E-state index contributed by atoms with van der Waals surface area (Å²) in [6.07, 6.45) is 0.962. The van der Waals surface area contributed by atoms with E-state index in [0.29, 0.717) is 0 Å². The number of rotatable bonds is 2. The first-order chi connectivity index (χ1) is 9.63. The van der Waals surface area contributed by atoms with Crippen LogP contribution < -0.4 is 10.1 Å². The minimum absolute atomic E-state index is 0.273. The molecule has 0 aromatic heterocycles. The number of halogens is 2. The zero-order chi connectivity index (χ0) is 14.1. The molecule has 4 heteroatoms. The standard InChI is InChI=1S/C16H15Br2NO/c1-10-2-4-13(18)15(8-10)19-14-6-7-20-16-5-3-11(17)9-12(14)16/h2-5,8-9,14,19H,6-7H2,1H3. The van der Waals surface area contributed by atoms with Crippen LogP contribution in [0.2, 0.25) is 0 Å². The van der Waals surface area contributed by atoms with Gasteiger partial charge < -0.3 is 10.1 Å². The van der Waals surface area contributed by atoms with Gasteiger partial charge in [-0.3, -0.25) is 0 Å². The topological polar surface area (TPSA) is 21.3 Å². The summed E-state index contributed by atoms with van der Waals surface area (Å²) >= 11 is 7.15. The molecule has 0 saturated heterocycles.